The van der Waals surface area contributed by atoms with Crippen LogP contribution in [0.25, 0.3) is 0 Å². The minimum atomic E-state index is -0.552. The number of rotatable bonds is 7. The van der Waals surface area contributed by atoms with Crippen LogP contribution in [0.3, 0.4) is 0 Å². The summed E-state index contributed by atoms with van der Waals surface area (Å²) in [6.45, 7) is 13.4. The predicted molar refractivity (Wildman–Crippen MR) is 62.5 cm³/mol. The molecule has 0 aliphatic carbocycles. The topological polar surface area (TPSA) is 23.5 Å². The third-order valence-electron chi connectivity index (χ3n) is 3.06. The van der Waals surface area contributed by atoms with Gasteiger partial charge in [-0.15, -0.1) is 0 Å². The van der Waals surface area contributed by atoms with E-state index in [2.05, 4.69) is 32.6 Å². The van der Waals surface area contributed by atoms with Crippen LogP contribution in [0.2, 0.25) is 0 Å². The Morgan fingerprint density at radius 3 is 2.21 bits per heavy atom. The summed E-state index contributed by atoms with van der Waals surface area (Å²) >= 11 is 0. The molecule has 0 amide bonds. The molecule has 86 valence electrons. The van der Waals surface area contributed by atoms with Gasteiger partial charge in [-0.25, -0.2) is 0 Å². The van der Waals surface area contributed by atoms with Crippen molar-refractivity contribution < 1.29 is 5.11 Å². The Labute approximate surface area is 89.3 Å². The lowest BCUT2D eigenvalue weighted by atomic mass is 9.92. The summed E-state index contributed by atoms with van der Waals surface area (Å²) in [5.74, 6) is 0.318. The second-order valence-corrected chi connectivity index (χ2v) is 4.73. The Morgan fingerprint density at radius 1 is 1.29 bits per heavy atom. The number of aliphatic hydroxyl groups is 1. The third kappa shape index (κ3) is 4.97. The molecule has 1 unspecified atom stereocenters. The zero-order chi connectivity index (χ0) is 11.2. The number of unbranched alkanes of at least 4 members (excludes halogenated alkanes) is 1. The Hall–Kier alpha value is -0.0800. The first-order valence-corrected chi connectivity index (χ1v) is 5.88. The van der Waals surface area contributed by atoms with Crippen molar-refractivity contribution in [3.8, 4) is 0 Å². The Kier molecular flexibility index (Phi) is 6.38. The quantitative estimate of drug-likeness (QED) is 0.684. The largest absolute Gasteiger partial charge is 0.389 e. The SMILES string of the molecule is CCCCN(CC)CC(C)(O)C(C)C. The summed E-state index contributed by atoms with van der Waals surface area (Å²) < 4.78 is 0. The number of likely N-dealkylation sites (N-methyl/N-ethyl adjacent to an activating group) is 1. The fraction of sp³-hybridized carbons (Fsp3) is 1.00. The molecule has 0 saturated heterocycles. The van der Waals surface area contributed by atoms with E-state index in [9.17, 15) is 5.11 Å². The van der Waals surface area contributed by atoms with E-state index in [1.165, 1.54) is 12.8 Å². The summed E-state index contributed by atoms with van der Waals surface area (Å²) in [5, 5.41) is 10.2. The zero-order valence-electron chi connectivity index (χ0n) is 10.5. The van der Waals surface area contributed by atoms with Gasteiger partial charge in [-0.3, -0.25) is 0 Å². The van der Waals surface area contributed by atoms with E-state index < -0.39 is 5.60 Å². The molecule has 0 radical (unpaired) electrons. The molecule has 14 heavy (non-hydrogen) atoms. The second kappa shape index (κ2) is 6.41. The highest BCUT2D eigenvalue weighted by Gasteiger charge is 2.26. The van der Waals surface area contributed by atoms with Crippen LogP contribution in [0.4, 0.5) is 0 Å². The molecule has 0 aliphatic rings. The van der Waals surface area contributed by atoms with Crippen LogP contribution in [0, 0.1) is 5.92 Å². The normalized spacial score (nSPS) is 16.3. The van der Waals surface area contributed by atoms with Gasteiger partial charge in [0.25, 0.3) is 0 Å². The lowest BCUT2D eigenvalue weighted by Crippen LogP contribution is -2.44. The van der Waals surface area contributed by atoms with Crippen molar-refractivity contribution in [1.29, 1.82) is 0 Å². The molecule has 0 aromatic rings. The van der Waals surface area contributed by atoms with Gasteiger partial charge in [-0.1, -0.05) is 34.1 Å². The molecule has 0 aromatic carbocycles. The van der Waals surface area contributed by atoms with E-state index in [0.29, 0.717) is 5.92 Å². The maximum Gasteiger partial charge on any atom is 0.0768 e. The van der Waals surface area contributed by atoms with Gasteiger partial charge >= 0.3 is 0 Å². The minimum Gasteiger partial charge on any atom is -0.389 e. The molecular formula is C12H27NO. The van der Waals surface area contributed by atoms with Gasteiger partial charge < -0.3 is 10.0 Å². The van der Waals surface area contributed by atoms with Crippen LogP contribution >= 0.6 is 0 Å². The molecule has 0 fully saturated rings. The lowest BCUT2D eigenvalue weighted by Gasteiger charge is -2.33. The number of hydrogen-bond acceptors (Lipinski definition) is 2. The molecule has 0 aromatic heterocycles. The van der Waals surface area contributed by atoms with Crippen molar-refractivity contribution in [2.45, 2.75) is 53.1 Å². The van der Waals surface area contributed by atoms with Crippen molar-refractivity contribution >= 4 is 0 Å². The van der Waals surface area contributed by atoms with Gasteiger partial charge in [0, 0.05) is 6.54 Å². The molecule has 1 N–H and O–H groups in total. The van der Waals surface area contributed by atoms with Crippen LogP contribution in [-0.4, -0.2) is 35.2 Å². The number of nitrogens with zero attached hydrogens (tertiary/aromatic N) is 1. The Morgan fingerprint density at radius 2 is 1.86 bits per heavy atom. The summed E-state index contributed by atoms with van der Waals surface area (Å²) in [6.07, 6.45) is 2.45. The molecule has 1 atom stereocenters. The van der Waals surface area contributed by atoms with E-state index in [1.54, 1.807) is 0 Å². The van der Waals surface area contributed by atoms with E-state index in [4.69, 9.17) is 0 Å². The first-order chi connectivity index (χ1) is 6.44. The first-order valence-electron chi connectivity index (χ1n) is 5.88. The smallest absolute Gasteiger partial charge is 0.0768 e. The molecule has 0 bridgehead atoms. The van der Waals surface area contributed by atoms with Crippen molar-refractivity contribution in [2.75, 3.05) is 19.6 Å². The van der Waals surface area contributed by atoms with Gasteiger partial charge in [0.1, 0.15) is 0 Å². The Balaban J connectivity index is 4.02. The monoisotopic (exact) mass is 201 g/mol. The fourth-order valence-corrected chi connectivity index (χ4v) is 1.37. The van der Waals surface area contributed by atoms with Gasteiger partial charge in [0.15, 0.2) is 0 Å². The van der Waals surface area contributed by atoms with E-state index >= 15 is 0 Å². The minimum absolute atomic E-state index is 0.318. The summed E-state index contributed by atoms with van der Waals surface area (Å²) in [7, 11) is 0. The molecule has 2 nitrogen and oxygen atoms in total. The van der Waals surface area contributed by atoms with Crippen molar-refractivity contribution in [2.24, 2.45) is 5.92 Å². The van der Waals surface area contributed by atoms with E-state index in [1.807, 2.05) is 6.92 Å². The van der Waals surface area contributed by atoms with E-state index in [-0.39, 0.29) is 0 Å². The first kappa shape index (κ1) is 13.9. The van der Waals surface area contributed by atoms with Crippen molar-refractivity contribution in [3.05, 3.63) is 0 Å². The van der Waals surface area contributed by atoms with Crippen LogP contribution in [0.1, 0.15) is 47.5 Å². The summed E-state index contributed by atoms with van der Waals surface area (Å²) in [6, 6.07) is 0. The molecule has 0 heterocycles. The molecule has 0 rings (SSSR count). The zero-order valence-corrected chi connectivity index (χ0v) is 10.5. The molecule has 2 heteroatoms. The predicted octanol–water partition coefficient (Wildman–Crippen LogP) is 2.52. The maximum absolute atomic E-state index is 10.2. The fourth-order valence-electron chi connectivity index (χ4n) is 1.37. The van der Waals surface area contributed by atoms with Crippen LogP contribution in [0.5, 0.6) is 0 Å². The highest BCUT2D eigenvalue weighted by molar-refractivity contribution is 4.80. The van der Waals surface area contributed by atoms with Gasteiger partial charge in [-0.2, -0.15) is 0 Å². The van der Waals surface area contributed by atoms with Crippen LogP contribution < -0.4 is 0 Å². The van der Waals surface area contributed by atoms with Gasteiger partial charge in [0.2, 0.25) is 0 Å². The molecule has 0 spiro atoms. The van der Waals surface area contributed by atoms with Gasteiger partial charge in [-0.05, 0) is 32.4 Å². The third-order valence-corrected chi connectivity index (χ3v) is 3.06. The standard InChI is InChI=1S/C12H27NO/c1-6-8-9-13(7-2)10-12(5,14)11(3)4/h11,14H,6-10H2,1-5H3. The Bertz CT molecular complexity index is 143. The highest BCUT2D eigenvalue weighted by Crippen LogP contribution is 2.17. The number of hydrogen-bond donors (Lipinski definition) is 1. The van der Waals surface area contributed by atoms with Crippen molar-refractivity contribution in [3.63, 3.8) is 0 Å². The summed E-state index contributed by atoms with van der Waals surface area (Å²) in [5.41, 5.74) is -0.552. The molecule has 0 saturated carbocycles. The average Bonchev–Trinajstić information content (AvgIpc) is 2.11. The highest BCUT2D eigenvalue weighted by atomic mass is 16.3. The van der Waals surface area contributed by atoms with Crippen LogP contribution in [0.15, 0.2) is 0 Å². The maximum atomic E-state index is 10.2. The summed E-state index contributed by atoms with van der Waals surface area (Å²) in [4.78, 5) is 2.34. The molecular weight excluding hydrogens is 174 g/mol. The van der Waals surface area contributed by atoms with Crippen LogP contribution in [-0.2, 0) is 0 Å². The van der Waals surface area contributed by atoms with Crippen molar-refractivity contribution in [1.82, 2.24) is 4.90 Å². The second-order valence-electron chi connectivity index (χ2n) is 4.73. The van der Waals surface area contributed by atoms with Gasteiger partial charge in [0.05, 0.1) is 5.60 Å². The van der Waals surface area contributed by atoms with E-state index in [0.717, 1.165) is 19.6 Å². The average molecular weight is 201 g/mol. The lowest BCUT2D eigenvalue weighted by molar-refractivity contribution is -0.0179. The molecule has 0 aliphatic heterocycles.